The summed E-state index contributed by atoms with van der Waals surface area (Å²) in [5, 5.41) is 4.27. The Morgan fingerprint density at radius 3 is 3.11 bits per heavy atom. The highest BCUT2D eigenvalue weighted by Crippen LogP contribution is 2.23. The molecule has 100 valence electrons. The lowest BCUT2D eigenvalue weighted by atomic mass is 10.0. The van der Waals surface area contributed by atoms with Crippen molar-refractivity contribution in [3.05, 3.63) is 42.1 Å². The van der Waals surface area contributed by atoms with Crippen LogP contribution in [0.2, 0.25) is 0 Å². The lowest BCUT2D eigenvalue weighted by molar-refractivity contribution is 0.0671. The third kappa shape index (κ3) is 2.28. The Morgan fingerprint density at radius 2 is 2.42 bits per heavy atom. The molecule has 2 aromatic rings. The second-order valence-electron chi connectivity index (χ2n) is 4.92. The van der Waals surface area contributed by atoms with Gasteiger partial charge in [-0.2, -0.15) is 5.10 Å². The highest BCUT2D eigenvalue weighted by atomic mass is 16.3. The molecule has 3 rings (SSSR count). The van der Waals surface area contributed by atoms with E-state index in [1.165, 1.54) is 0 Å². The minimum Gasteiger partial charge on any atom is -0.469 e. The molecular formula is C14H17N3O2. The summed E-state index contributed by atoms with van der Waals surface area (Å²) in [5.74, 6) is 0.745. The van der Waals surface area contributed by atoms with Gasteiger partial charge in [0.2, 0.25) is 0 Å². The number of hydrogen-bond acceptors (Lipinski definition) is 3. The fraction of sp³-hybridized carbons (Fsp3) is 0.429. The molecule has 0 aliphatic carbocycles. The lowest BCUT2D eigenvalue weighted by Crippen LogP contribution is -2.40. The van der Waals surface area contributed by atoms with Gasteiger partial charge in [0.15, 0.2) is 0 Å². The molecule has 0 N–H and O–H groups in total. The first-order valence-corrected chi connectivity index (χ1v) is 6.58. The van der Waals surface area contributed by atoms with Gasteiger partial charge in [-0.3, -0.25) is 9.48 Å². The van der Waals surface area contributed by atoms with Crippen LogP contribution in [0.1, 0.15) is 35.0 Å². The van der Waals surface area contributed by atoms with E-state index in [4.69, 9.17) is 4.42 Å². The number of aromatic nitrogens is 2. The van der Waals surface area contributed by atoms with Crippen molar-refractivity contribution in [2.24, 2.45) is 0 Å². The van der Waals surface area contributed by atoms with Gasteiger partial charge in [0.25, 0.3) is 5.91 Å². The van der Waals surface area contributed by atoms with Crippen molar-refractivity contribution in [1.82, 2.24) is 14.7 Å². The molecule has 1 amide bonds. The Hall–Kier alpha value is -2.04. The minimum atomic E-state index is 0.0584. The zero-order chi connectivity index (χ0) is 13.2. The van der Waals surface area contributed by atoms with Crippen molar-refractivity contribution in [2.45, 2.75) is 25.8 Å². The van der Waals surface area contributed by atoms with Crippen molar-refractivity contribution < 1.29 is 9.21 Å². The standard InChI is InChI=1S/C14H17N3O2/c1-11-13(5-9-19-11)14(18)16-7-2-4-12(10-16)17-8-3-6-15-17/h3,5-6,8-9,12H,2,4,7,10H2,1H3/t12-/m1/s1. The highest BCUT2D eigenvalue weighted by Gasteiger charge is 2.27. The molecule has 1 atom stereocenters. The average Bonchev–Trinajstić information content (AvgIpc) is 3.09. The molecule has 1 saturated heterocycles. The summed E-state index contributed by atoms with van der Waals surface area (Å²) >= 11 is 0. The Bertz CT molecular complexity index is 559. The van der Waals surface area contributed by atoms with Crippen molar-refractivity contribution in [3.63, 3.8) is 0 Å². The predicted octanol–water partition coefficient (Wildman–Crippen LogP) is 2.26. The summed E-state index contributed by atoms with van der Waals surface area (Å²) in [6.45, 7) is 3.34. The van der Waals surface area contributed by atoms with Gasteiger partial charge in [-0.05, 0) is 31.9 Å². The summed E-state index contributed by atoms with van der Waals surface area (Å²) in [5.41, 5.74) is 0.668. The van der Waals surface area contributed by atoms with Crippen LogP contribution in [-0.4, -0.2) is 33.7 Å². The first-order valence-electron chi connectivity index (χ1n) is 6.58. The molecule has 0 bridgehead atoms. The number of carbonyl (C=O) groups is 1. The molecule has 0 spiro atoms. The van der Waals surface area contributed by atoms with Crippen LogP contribution in [0.15, 0.2) is 35.2 Å². The molecule has 19 heavy (non-hydrogen) atoms. The van der Waals surface area contributed by atoms with E-state index in [0.29, 0.717) is 17.9 Å². The number of hydrogen-bond donors (Lipinski definition) is 0. The zero-order valence-electron chi connectivity index (χ0n) is 11.0. The molecule has 3 heterocycles. The summed E-state index contributed by atoms with van der Waals surface area (Å²) in [6, 6.07) is 3.94. The van der Waals surface area contributed by atoms with Crippen molar-refractivity contribution in [3.8, 4) is 0 Å². The monoisotopic (exact) mass is 259 g/mol. The summed E-state index contributed by atoms with van der Waals surface area (Å²) in [4.78, 5) is 14.3. The van der Waals surface area contributed by atoms with Crippen LogP contribution >= 0.6 is 0 Å². The van der Waals surface area contributed by atoms with Crippen LogP contribution in [0.5, 0.6) is 0 Å². The number of amides is 1. The lowest BCUT2D eigenvalue weighted by Gasteiger charge is -2.32. The van der Waals surface area contributed by atoms with E-state index in [9.17, 15) is 4.79 Å². The van der Waals surface area contributed by atoms with E-state index in [0.717, 1.165) is 19.4 Å². The van der Waals surface area contributed by atoms with E-state index in [1.807, 2.05) is 28.8 Å². The number of piperidine rings is 1. The number of furan rings is 1. The van der Waals surface area contributed by atoms with Crippen molar-refractivity contribution in [2.75, 3.05) is 13.1 Å². The largest absolute Gasteiger partial charge is 0.469 e. The van der Waals surface area contributed by atoms with Crippen molar-refractivity contribution in [1.29, 1.82) is 0 Å². The Kier molecular flexibility index (Phi) is 3.11. The van der Waals surface area contributed by atoms with Gasteiger partial charge in [0, 0.05) is 25.5 Å². The van der Waals surface area contributed by atoms with Gasteiger partial charge in [-0.15, -0.1) is 0 Å². The van der Waals surface area contributed by atoms with Gasteiger partial charge >= 0.3 is 0 Å². The number of rotatable bonds is 2. The number of likely N-dealkylation sites (tertiary alicyclic amines) is 1. The first kappa shape index (κ1) is 12.0. The molecule has 0 saturated carbocycles. The third-order valence-corrected chi connectivity index (χ3v) is 3.67. The maximum Gasteiger partial charge on any atom is 0.257 e. The summed E-state index contributed by atoms with van der Waals surface area (Å²) in [6.07, 6.45) is 7.38. The minimum absolute atomic E-state index is 0.0584. The fourth-order valence-corrected chi connectivity index (χ4v) is 2.63. The third-order valence-electron chi connectivity index (χ3n) is 3.67. The fourth-order valence-electron chi connectivity index (χ4n) is 2.63. The number of nitrogens with zero attached hydrogens (tertiary/aromatic N) is 3. The average molecular weight is 259 g/mol. The van der Waals surface area contributed by atoms with Gasteiger partial charge in [-0.1, -0.05) is 0 Å². The molecule has 5 heteroatoms. The second kappa shape index (κ2) is 4.91. The van der Waals surface area contributed by atoms with Gasteiger partial charge in [0.1, 0.15) is 5.76 Å². The van der Waals surface area contributed by atoms with Crippen LogP contribution in [0.4, 0.5) is 0 Å². The number of aryl methyl sites for hydroxylation is 1. The van der Waals surface area contributed by atoms with E-state index in [1.54, 1.807) is 18.5 Å². The maximum atomic E-state index is 12.4. The van der Waals surface area contributed by atoms with Gasteiger partial charge in [0.05, 0.1) is 17.9 Å². The molecule has 0 radical (unpaired) electrons. The molecule has 1 aliphatic heterocycles. The summed E-state index contributed by atoms with van der Waals surface area (Å²) in [7, 11) is 0. The van der Waals surface area contributed by atoms with Gasteiger partial charge in [-0.25, -0.2) is 0 Å². The molecule has 0 aromatic carbocycles. The Balaban J connectivity index is 1.75. The summed E-state index contributed by atoms with van der Waals surface area (Å²) < 4.78 is 7.16. The van der Waals surface area contributed by atoms with E-state index < -0.39 is 0 Å². The molecule has 1 fully saturated rings. The van der Waals surface area contributed by atoms with Crippen LogP contribution in [-0.2, 0) is 0 Å². The van der Waals surface area contributed by atoms with Crippen LogP contribution in [0, 0.1) is 6.92 Å². The zero-order valence-corrected chi connectivity index (χ0v) is 11.0. The van der Waals surface area contributed by atoms with E-state index >= 15 is 0 Å². The maximum absolute atomic E-state index is 12.4. The Morgan fingerprint density at radius 1 is 1.53 bits per heavy atom. The molecule has 2 aromatic heterocycles. The predicted molar refractivity (Wildman–Crippen MR) is 69.8 cm³/mol. The molecule has 0 unspecified atom stereocenters. The van der Waals surface area contributed by atoms with Crippen LogP contribution in [0.25, 0.3) is 0 Å². The molecular weight excluding hydrogens is 242 g/mol. The molecule has 1 aliphatic rings. The van der Waals surface area contributed by atoms with E-state index in [2.05, 4.69) is 5.10 Å². The second-order valence-corrected chi connectivity index (χ2v) is 4.92. The smallest absolute Gasteiger partial charge is 0.257 e. The highest BCUT2D eigenvalue weighted by molar-refractivity contribution is 5.95. The van der Waals surface area contributed by atoms with E-state index in [-0.39, 0.29) is 11.9 Å². The van der Waals surface area contributed by atoms with Crippen molar-refractivity contribution >= 4 is 5.91 Å². The normalized spacial score (nSPS) is 19.6. The van der Waals surface area contributed by atoms with Crippen LogP contribution < -0.4 is 0 Å². The first-order chi connectivity index (χ1) is 9.25. The van der Waals surface area contributed by atoms with Gasteiger partial charge < -0.3 is 9.32 Å². The van der Waals surface area contributed by atoms with Crippen LogP contribution in [0.3, 0.4) is 0 Å². The molecule has 5 nitrogen and oxygen atoms in total. The topological polar surface area (TPSA) is 51.3 Å². The quantitative estimate of drug-likeness (QED) is 0.831. The Labute approximate surface area is 111 Å². The number of carbonyl (C=O) groups excluding carboxylic acids is 1. The SMILES string of the molecule is Cc1occc1C(=O)N1CCC[C@@H](n2cccn2)C1.